The first kappa shape index (κ1) is 18.3. The molecule has 5 N–H and O–H groups in total. The summed E-state index contributed by atoms with van der Waals surface area (Å²) < 4.78 is 0. The van der Waals surface area contributed by atoms with E-state index in [2.05, 4.69) is 20.3 Å². The second-order valence-corrected chi connectivity index (χ2v) is 5.93. The van der Waals surface area contributed by atoms with E-state index >= 15 is 0 Å². The summed E-state index contributed by atoms with van der Waals surface area (Å²) in [5.74, 6) is -0.415. The van der Waals surface area contributed by atoms with Gasteiger partial charge in [0, 0.05) is 10.0 Å². The average Bonchev–Trinajstić information content (AvgIpc) is 2.50. The van der Waals surface area contributed by atoms with Crippen molar-refractivity contribution in [2.75, 3.05) is 11.5 Å². The van der Waals surface area contributed by atoms with Gasteiger partial charge in [-0.1, -0.05) is 40.9 Å². The molecule has 24 heavy (non-hydrogen) atoms. The van der Waals surface area contributed by atoms with E-state index in [-0.39, 0.29) is 29.0 Å². The van der Waals surface area contributed by atoms with E-state index in [1.54, 1.807) is 25.1 Å². The largest absolute Gasteiger partial charge is 0.382 e. The molecule has 1 amide bonds. The smallest absolute Gasteiger partial charge is 0.279 e. The summed E-state index contributed by atoms with van der Waals surface area (Å²) in [6, 6.07) is 5.08. The zero-order valence-electron chi connectivity index (χ0n) is 12.5. The lowest BCUT2D eigenvalue weighted by molar-refractivity contribution is 0.0972. The minimum absolute atomic E-state index is 0.0477. The van der Waals surface area contributed by atoms with Crippen LogP contribution in [0.5, 0.6) is 0 Å². The van der Waals surface area contributed by atoms with Crippen LogP contribution in [-0.4, -0.2) is 21.7 Å². The van der Waals surface area contributed by atoms with Gasteiger partial charge >= 0.3 is 0 Å². The molecule has 0 atom stereocenters. The van der Waals surface area contributed by atoms with Crippen LogP contribution in [0.4, 0.5) is 11.6 Å². The van der Waals surface area contributed by atoms with E-state index < -0.39 is 5.91 Å². The molecule has 0 aliphatic rings. The van der Waals surface area contributed by atoms with Gasteiger partial charge in [0.15, 0.2) is 22.5 Å². The Hall–Kier alpha value is -2.09. The van der Waals surface area contributed by atoms with Gasteiger partial charge in [-0.05, 0) is 24.6 Å². The molecule has 0 radical (unpaired) electrons. The highest BCUT2D eigenvalue weighted by Gasteiger charge is 2.16. The number of nitrogens with two attached hydrogens (primary N) is 2. The molecule has 0 unspecified atom stereocenters. The maximum absolute atomic E-state index is 12.1. The molecule has 0 spiro atoms. The molecule has 126 valence electrons. The lowest BCUT2D eigenvalue weighted by atomic mass is 10.2. The van der Waals surface area contributed by atoms with Crippen molar-refractivity contribution in [3.05, 3.63) is 44.7 Å². The van der Waals surface area contributed by atoms with Gasteiger partial charge in [0.05, 0.1) is 6.54 Å². The molecule has 10 heteroatoms. The molecule has 1 heterocycles. The molecule has 0 saturated carbocycles. The molecular formula is C14H13Cl3N6O. The molecule has 0 bridgehead atoms. The van der Waals surface area contributed by atoms with Crippen molar-refractivity contribution < 1.29 is 4.79 Å². The van der Waals surface area contributed by atoms with Gasteiger partial charge in [-0.15, -0.1) is 0 Å². The Morgan fingerprint density at radius 3 is 2.58 bits per heavy atom. The number of benzene rings is 1. The Kier molecular flexibility index (Phi) is 5.82. The first-order valence-electron chi connectivity index (χ1n) is 6.62. The number of carbonyl (C=O) groups is 1. The van der Waals surface area contributed by atoms with Crippen LogP contribution in [0.1, 0.15) is 23.0 Å². The summed E-state index contributed by atoms with van der Waals surface area (Å²) in [6.45, 7) is 1.88. The van der Waals surface area contributed by atoms with Crippen LogP contribution in [0.2, 0.25) is 15.2 Å². The van der Waals surface area contributed by atoms with Crippen molar-refractivity contribution in [2.45, 2.75) is 13.5 Å². The number of hydrogen-bond donors (Lipinski definition) is 3. The maximum atomic E-state index is 12.1. The van der Waals surface area contributed by atoms with Crippen LogP contribution in [0.15, 0.2) is 23.2 Å². The summed E-state index contributed by atoms with van der Waals surface area (Å²) in [4.78, 5) is 23.9. The van der Waals surface area contributed by atoms with E-state index in [9.17, 15) is 4.79 Å². The van der Waals surface area contributed by atoms with Gasteiger partial charge in [-0.2, -0.15) is 0 Å². The fourth-order valence-electron chi connectivity index (χ4n) is 1.73. The number of anilines is 2. The highest BCUT2D eigenvalue weighted by atomic mass is 35.5. The topological polar surface area (TPSA) is 119 Å². The lowest BCUT2D eigenvalue weighted by Gasteiger charge is -2.08. The van der Waals surface area contributed by atoms with Crippen molar-refractivity contribution in [1.29, 1.82) is 0 Å². The Morgan fingerprint density at radius 1 is 1.21 bits per heavy atom. The highest BCUT2D eigenvalue weighted by molar-refractivity contribution is 6.35. The Bertz CT molecular complexity index is 824. The van der Waals surface area contributed by atoms with E-state index in [1.165, 1.54) is 0 Å². The number of carbonyl (C=O) groups excluding carboxylic acids is 1. The van der Waals surface area contributed by atoms with Gasteiger partial charge in [0.1, 0.15) is 5.84 Å². The van der Waals surface area contributed by atoms with E-state index in [0.29, 0.717) is 15.9 Å². The minimum Gasteiger partial charge on any atom is -0.382 e. The number of nitrogen functional groups attached to an aromatic ring is 2. The van der Waals surface area contributed by atoms with Crippen LogP contribution >= 0.6 is 34.8 Å². The molecule has 0 aliphatic heterocycles. The van der Waals surface area contributed by atoms with E-state index in [0.717, 1.165) is 5.56 Å². The number of halogens is 3. The third-order valence-corrected chi connectivity index (χ3v) is 3.78. The number of amidine groups is 1. The minimum atomic E-state index is -0.592. The SMILES string of the molecule is CC(=NCc1ccc(Cl)cc1Cl)NC(=O)c1nc(Cl)c(N)nc1N. The standard InChI is InChI=1S/C14H13Cl3N6O/c1-6(20-5-7-2-3-8(15)4-9(7)16)21-14(24)10-12(18)23-13(19)11(17)22-10/h2-4H,5H2,1H3,(H4,18,19,23)(H,20,21,24). The van der Waals surface area contributed by atoms with Crippen molar-refractivity contribution in [3.63, 3.8) is 0 Å². The second kappa shape index (κ2) is 7.65. The molecule has 1 aromatic carbocycles. The molecule has 0 fully saturated rings. The fourth-order valence-corrected chi connectivity index (χ4v) is 2.32. The number of nitrogens with zero attached hydrogens (tertiary/aromatic N) is 3. The van der Waals surface area contributed by atoms with E-state index in [4.69, 9.17) is 46.3 Å². The molecular weight excluding hydrogens is 375 g/mol. The van der Waals surface area contributed by atoms with Gasteiger partial charge in [-0.3, -0.25) is 9.79 Å². The Balaban J connectivity index is 2.10. The highest BCUT2D eigenvalue weighted by Crippen LogP contribution is 2.21. The summed E-state index contributed by atoms with van der Waals surface area (Å²) in [7, 11) is 0. The zero-order valence-corrected chi connectivity index (χ0v) is 14.7. The number of rotatable bonds is 3. The number of hydrogen-bond acceptors (Lipinski definition) is 6. The average molecular weight is 388 g/mol. The quantitative estimate of drug-likeness (QED) is 0.552. The van der Waals surface area contributed by atoms with Crippen LogP contribution < -0.4 is 16.8 Å². The number of amides is 1. The predicted octanol–water partition coefficient (Wildman–Crippen LogP) is 2.95. The molecule has 0 aliphatic carbocycles. The Morgan fingerprint density at radius 2 is 1.92 bits per heavy atom. The summed E-state index contributed by atoms with van der Waals surface area (Å²) in [6.07, 6.45) is 0. The fraction of sp³-hybridized carbons (Fsp3) is 0.143. The predicted molar refractivity (Wildman–Crippen MR) is 96.6 cm³/mol. The van der Waals surface area contributed by atoms with Crippen molar-refractivity contribution >= 4 is 58.2 Å². The number of aliphatic imine (C=N–C) groups is 1. The van der Waals surface area contributed by atoms with E-state index in [1.807, 2.05) is 0 Å². The first-order chi connectivity index (χ1) is 11.3. The lowest BCUT2D eigenvalue weighted by Crippen LogP contribution is -2.30. The summed E-state index contributed by atoms with van der Waals surface area (Å²) >= 11 is 17.6. The van der Waals surface area contributed by atoms with Crippen LogP contribution in [0.3, 0.4) is 0 Å². The molecule has 2 aromatic rings. The van der Waals surface area contributed by atoms with Crippen LogP contribution in [0.25, 0.3) is 0 Å². The van der Waals surface area contributed by atoms with Crippen molar-refractivity contribution in [1.82, 2.24) is 15.3 Å². The normalized spacial score (nSPS) is 11.4. The van der Waals surface area contributed by atoms with Gasteiger partial charge in [0.2, 0.25) is 0 Å². The van der Waals surface area contributed by atoms with Gasteiger partial charge in [-0.25, -0.2) is 9.97 Å². The van der Waals surface area contributed by atoms with Crippen LogP contribution in [-0.2, 0) is 6.54 Å². The number of aromatic nitrogens is 2. The summed E-state index contributed by atoms with van der Waals surface area (Å²) in [5.41, 5.74) is 11.7. The summed E-state index contributed by atoms with van der Waals surface area (Å²) in [5, 5.41) is 3.47. The molecule has 2 rings (SSSR count). The van der Waals surface area contributed by atoms with Crippen molar-refractivity contribution in [2.24, 2.45) is 4.99 Å². The third kappa shape index (κ3) is 4.47. The second-order valence-electron chi connectivity index (χ2n) is 4.72. The Labute approximate surface area is 153 Å². The monoisotopic (exact) mass is 386 g/mol. The molecule has 0 saturated heterocycles. The van der Waals surface area contributed by atoms with Crippen molar-refractivity contribution in [3.8, 4) is 0 Å². The molecule has 7 nitrogen and oxygen atoms in total. The van der Waals surface area contributed by atoms with Gasteiger partial charge < -0.3 is 16.8 Å². The number of nitrogens with one attached hydrogen (secondary N) is 1. The van der Waals surface area contributed by atoms with Crippen LogP contribution in [0, 0.1) is 0 Å². The maximum Gasteiger partial charge on any atom is 0.279 e. The zero-order chi connectivity index (χ0) is 17.9. The third-order valence-electron chi connectivity index (χ3n) is 2.92. The van der Waals surface area contributed by atoms with Gasteiger partial charge in [0.25, 0.3) is 5.91 Å². The first-order valence-corrected chi connectivity index (χ1v) is 7.76. The molecule has 1 aromatic heterocycles.